The third-order valence-electron chi connectivity index (χ3n) is 3.44. The molecule has 0 aliphatic carbocycles. The van der Waals surface area contributed by atoms with Crippen molar-refractivity contribution in [3.63, 3.8) is 0 Å². The Morgan fingerprint density at radius 2 is 2.00 bits per heavy atom. The van der Waals surface area contributed by atoms with E-state index < -0.39 is 5.97 Å². The van der Waals surface area contributed by atoms with E-state index in [1.165, 1.54) is 0 Å². The van der Waals surface area contributed by atoms with Crippen molar-refractivity contribution in [3.8, 4) is 11.5 Å². The van der Waals surface area contributed by atoms with Gasteiger partial charge >= 0.3 is 5.97 Å². The molecule has 118 valence electrons. The quantitative estimate of drug-likeness (QED) is 0.836. The van der Waals surface area contributed by atoms with Crippen LogP contribution in [0.4, 0.5) is 0 Å². The number of hydrogen-bond acceptors (Lipinski definition) is 4. The van der Waals surface area contributed by atoms with E-state index in [4.69, 9.17) is 14.6 Å². The van der Waals surface area contributed by atoms with E-state index in [1.807, 2.05) is 31.2 Å². The lowest BCUT2D eigenvalue weighted by atomic mass is 10.1. The molecule has 0 saturated carbocycles. The normalized spacial score (nSPS) is 18.0. The second-order valence-corrected chi connectivity index (χ2v) is 4.85. The predicted molar refractivity (Wildman–Crippen MR) is 82.5 cm³/mol. The molecule has 1 atom stereocenters. The van der Waals surface area contributed by atoms with E-state index in [2.05, 4.69) is 4.90 Å². The smallest absolute Gasteiger partial charge is 0.307 e. The molecule has 0 aromatic heterocycles. The maximum absolute atomic E-state index is 10.9. The van der Waals surface area contributed by atoms with E-state index in [9.17, 15) is 4.79 Å². The molecule has 0 radical (unpaired) electrons. The summed E-state index contributed by atoms with van der Waals surface area (Å²) in [5.41, 5.74) is 0. The summed E-state index contributed by atoms with van der Waals surface area (Å²) in [5, 5.41) is 8.96. The van der Waals surface area contributed by atoms with Crippen LogP contribution in [-0.2, 0) is 4.79 Å². The number of nitrogens with zero attached hydrogens (tertiary/aromatic N) is 1. The Labute approximate surface area is 131 Å². The Morgan fingerprint density at radius 1 is 1.33 bits per heavy atom. The summed E-state index contributed by atoms with van der Waals surface area (Å²) < 4.78 is 11.2. The molecule has 0 spiro atoms. The van der Waals surface area contributed by atoms with E-state index >= 15 is 0 Å². The number of para-hydroxylation sites is 2. The maximum Gasteiger partial charge on any atom is 0.307 e. The lowest BCUT2D eigenvalue weighted by molar-refractivity contribution is -0.141. The summed E-state index contributed by atoms with van der Waals surface area (Å²) in [6.45, 7) is 5.26. The summed E-state index contributed by atoms with van der Waals surface area (Å²) >= 11 is 0. The van der Waals surface area contributed by atoms with Gasteiger partial charge in [0.15, 0.2) is 11.5 Å². The number of carboxylic acids is 1. The van der Waals surface area contributed by atoms with Crippen LogP contribution in [0.15, 0.2) is 24.3 Å². The standard InChI is InChI=1S/C15H21NO4.ClH/c1-2-19-13-5-3-4-6-14(13)20-10-9-16-8-7-12(11-16)15(17)18;/h3-6,12H,2,7-11H2,1H3,(H,17,18);1H. The van der Waals surface area contributed by atoms with Gasteiger partial charge in [-0.25, -0.2) is 0 Å². The van der Waals surface area contributed by atoms with Gasteiger partial charge in [-0.15, -0.1) is 12.4 Å². The van der Waals surface area contributed by atoms with Gasteiger partial charge in [0.1, 0.15) is 6.61 Å². The van der Waals surface area contributed by atoms with E-state index in [0.717, 1.165) is 31.0 Å². The zero-order chi connectivity index (χ0) is 14.4. The third kappa shape index (κ3) is 5.10. The molecule has 1 N–H and O–H groups in total. The highest BCUT2D eigenvalue weighted by Crippen LogP contribution is 2.26. The first kappa shape index (κ1) is 17.6. The van der Waals surface area contributed by atoms with Gasteiger partial charge in [0.05, 0.1) is 12.5 Å². The number of hydrogen-bond donors (Lipinski definition) is 1. The highest BCUT2D eigenvalue weighted by atomic mass is 35.5. The fraction of sp³-hybridized carbons (Fsp3) is 0.533. The minimum Gasteiger partial charge on any atom is -0.490 e. The van der Waals surface area contributed by atoms with Crippen LogP contribution in [0.2, 0.25) is 0 Å². The Hall–Kier alpha value is -1.46. The molecular weight excluding hydrogens is 294 g/mol. The highest BCUT2D eigenvalue weighted by Gasteiger charge is 2.27. The van der Waals surface area contributed by atoms with Gasteiger partial charge in [-0.2, -0.15) is 0 Å². The number of aliphatic carboxylic acids is 1. The van der Waals surface area contributed by atoms with Gasteiger partial charge in [0, 0.05) is 13.1 Å². The Bertz CT molecular complexity index is 455. The number of halogens is 1. The molecule has 21 heavy (non-hydrogen) atoms. The number of benzene rings is 1. The lowest BCUT2D eigenvalue weighted by Crippen LogP contribution is -2.27. The summed E-state index contributed by atoms with van der Waals surface area (Å²) in [6.07, 6.45) is 0.727. The van der Waals surface area contributed by atoms with Crippen LogP contribution in [0, 0.1) is 5.92 Å². The lowest BCUT2D eigenvalue weighted by Gasteiger charge is -2.16. The Morgan fingerprint density at radius 3 is 2.57 bits per heavy atom. The Balaban J connectivity index is 0.00000220. The van der Waals surface area contributed by atoms with Crippen molar-refractivity contribution in [1.29, 1.82) is 0 Å². The monoisotopic (exact) mass is 315 g/mol. The molecule has 1 fully saturated rings. The van der Waals surface area contributed by atoms with Crippen molar-refractivity contribution in [2.75, 3.05) is 32.8 Å². The second kappa shape index (κ2) is 8.74. The topological polar surface area (TPSA) is 59.0 Å². The van der Waals surface area contributed by atoms with E-state index in [-0.39, 0.29) is 18.3 Å². The minimum absolute atomic E-state index is 0. The fourth-order valence-corrected chi connectivity index (χ4v) is 2.37. The Kier molecular flexibility index (Phi) is 7.32. The molecule has 6 heteroatoms. The van der Waals surface area contributed by atoms with Gasteiger partial charge in [-0.05, 0) is 32.0 Å². The zero-order valence-corrected chi connectivity index (χ0v) is 13.0. The van der Waals surface area contributed by atoms with Gasteiger partial charge in [-0.1, -0.05) is 12.1 Å². The number of carboxylic acid groups (broad SMARTS) is 1. The molecule has 2 rings (SSSR count). The molecule has 0 amide bonds. The summed E-state index contributed by atoms with van der Waals surface area (Å²) in [5.74, 6) is 0.559. The molecule has 1 aliphatic heterocycles. The summed E-state index contributed by atoms with van der Waals surface area (Å²) in [4.78, 5) is 13.0. The van der Waals surface area contributed by atoms with Crippen LogP contribution in [0.25, 0.3) is 0 Å². The molecule has 5 nitrogen and oxygen atoms in total. The number of rotatable bonds is 7. The first-order valence-corrected chi connectivity index (χ1v) is 7.00. The molecule has 1 aliphatic rings. The van der Waals surface area contributed by atoms with Crippen molar-refractivity contribution < 1.29 is 19.4 Å². The van der Waals surface area contributed by atoms with Gasteiger partial charge in [-0.3, -0.25) is 9.69 Å². The zero-order valence-electron chi connectivity index (χ0n) is 12.2. The molecule has 1 heterocycles. The van der Waals surface area contributed by atoms with Crippen LogP contribution in [-0.4, -0.2) is 48.8 Å². The van der Waals surface area contributed by atoms with Crippen LogP contribution in [0.5, 0.6) is 11.5 Å². The molecule has 1 unspecified atom stereocenters. The average molecular weight is 316 g/mol. The van der Waals surface area contributed by atoms with Crippen molar-refractivity contribution in [2.24, 2.45) is 5.92 Å². The van der Waals surface area contributed by atoms with Gasteiger partial charge in [0.2, 0.25) is 0 Å². The number of likely N-dealkylation sites (tertiary alicyclic amines) is 1. The largest absolute Gasteiger partial charge is 0.490 e. The first-order valence-electron chi connectivity index (χ1n) is 7.00. The van der Waals surface area contributed by atoms with E-state index in [1.54, 1.807) is 0 Å². The average Bonchev–Trinajstić information content (AvgIpc) is 2.90. The minimum atomic E-state index is -0.699. The van der Waals surface area contributed by atoms with Crippen molar-refractivity contribution in [2.45, 2.75) is 13.3 Å². The van der Waals surface area contributed by atoms with Crippen LogP contribution in [0.3, 0.4) is 0 Å². The maximum atomic E-state index is 10.9. The summed E-state index contributed by atoms with van der Waals surface area (Å²) in [7, 11) is 0. The van der Waals surface area contributed by atoms with Crippen LogP contribution in [0.1, 0.15) is 13.3 Å². The van der Waals surface area contributed by atoms with Crippen molar-refractivity contribution in [3.05, 3.63) is 24.3 Å². The van der Waals surface area contributed by atoms with Crippen LogP contribution >= 0.6 is 12.4 Å². The summed E-state index contributed by atoms with van der Waals surface area (Å²) in [6, 6.07) is 7.59. The van der Waals surface area contributed by atoms with Gasteiger partial charge in [0.25, 0.3) is 0 Å². The molecule has 1 saturated heterocycles. The van der Waals surface area contributed by atoms with Crippen molar-refractivity contribution in [1.82, 2.24) is 4.90 Å². The number of carbonyl (C=O) groups is 1. The molecule has 0 bridgehead atoms. The molecule has 1 aromatic carbocycles. The molecule has 1 aromatic rings. The van der Waals surface area contributed by atoms with Gasteiger partial charge < -0.3 is 14.6 Å². The van der Waals surface area contributed by atoms with E-state index in [0.29, 0.717) is 19.8 Å². The van der Waals surface area contributed by atoms with Crippen molar-refractivity contribution >= 4 is 18.4 Å². The number of ether oxygens (including phenoxy) is 2. The van der Waals surface area contributed by atoms with Crippen LogP contribution < -0.4 is 9.47 Å². The fourth-order valence-electron chi connectivity index (χ4n) is 2.37. The highest BCUT2D eigenvalue weighted by molar-refractivity contribution is 5.85. The first-order chi connectivity index (χ1) is 9.70. The predicted octanol–water partition coefficient (Wildman–Crippen LogP) is 2.29. The third-order valence-corrected chi connectivity index (χ3v) is 3.44. The SMILES string of the molecule is CCOc1ccccc1OCCN1CCC(C(=O)O)C1.Cl. The second-order valence-electron chi connectivity index (χ2n) is 4.85. The molecular formula is C15H22ClNO4.